The van der Waals surface area contributed by atoms with Crippen LogP contribution in [-0.4, -0.2) is 20.3 Å². The third kappa shape index (κ3) is 4.18. The zero-order chi connectivity index (χ0) is 30.2. The minimum Gasteiger partial charge on any atom is -0.364 e. The van der Waals surface area contributed by atoms with E-state index in [1.807, 2.05) is 0 Å². The van der Waals surface area contributed by atoms with Gasteiger partial charge in [-0.3, -0.25) is 0 Å². The van der Waals surface area contributed by atoms with E-state index in [0.717, 1.165) is 11.8 Å². The smallest absolute Gasteiger partial charge is 0.0891 e. The summed E-state index contributed by atoms with van der Waals surface area (Å²) in [5.74, 6) is 1.92. The van der Waals surface area contributed by atoms with Crippen LogP contribution in [0.2, 0.25) is 0 Å². The van der Waals surface area contributed by atoms with Gasteiger partial charge in [-0.2, -0.15) is 0 Å². The molecule has 2 heterocycles. The molecule has 2 aromatic heterocycles. The third-order valence-corrected chi connectivity index (χ3v) is 19.0. The quantitative estimate of drug-likeness (QED) is 0.245. The van der Waals surface area contributed by atoms with E-state index >= 15 is 0 Å². The van der Waals surface area contributed by atoms with Crippen molar-refractivity contribution in [3.05, 3.63) is 83.4 Å². The molecule has 8 aliphatic carbocycles. The second-order valence-corrected chi connectivity index (χ2v) is 22.9. The lowest BCUT2D eigenvalue weighted by molar-refractivity contribution is -0.0922. The second kappa shape index (κ2) is 9.16. The van der Waals surface area contributed by atoms with E-state index in [1.54, 1.807) is 5.56 Å². The van der Waals surface area contributed by atoms with Gasteiger partial charge < -0.3 is 9.97 Å². The predicted octanol–water partition coefficient (Wildman–Crippen LogP) is 11.0. The fourth-order valence-electron chi connectivity index (χ4n) is 15.0. The van der Waals surface area contributed by atoms with E-state index in [4.69, 9.17) is 0 Å². The van der Waals surface area contributed by atoms with Crippen molar-refractivity contribution in [2.45, 2.75) is 126 Å². The average molecular weight is 625 g/mol. The van der Waals surface area contributed by atoms with E-state index in [2.05, 4.69) is 108 Å². The van der Waals surface area contributed by atoms with Crippen LogP contribution in [-0.2, 0) is 11.3 Å². The molecule has 11 rings (SSSR count). The maximum atomic E-state index is 3.65. The van der Waals surface area contributed by atoms with Crippen molar-refractivity contribution in [3.8, 4) is 0 Å². The summed E-state index contributed by atoms with van der Waals surface area (Å²) in [5.41, 5.74) is 7.85. The highest BCUT2D eigenvalue weighted by Crippen LogP contribution is 2.84. The van der Waals surface area contributed by atoms with Crippen LogP contribution in [0.3, 0.4) is 0 Å². The van der Waals surface area contributed by atoms with Crippen LogP contribution in [0.15, 0.2) is 60.9 Å². The summed E-state index contributed by atoms with van der Waals surface area (Å²) < 4.78 is 0. The first-order valence-electron chi connectivity index (χ1n) is 17.8. The average Bonchev–Trinajstić information content (AvgIpc) is 3.63. The molecule has 0 radical (unpaired) electrons. The Bertz CT molecular complexity index is 1440. The van der Waals surface area contributed by atoms with E-state index < -0.39 is 0 Å². The van der Waals surface area contributed by atoms with Gasteiger partial charge in [0.05, 0.1) is 5.16 Å². The molecule has 44 heavy (non-hydrogen) atoms. The molecule has 0 aliphatic heterocycles. The monoisotopic (exact) mass is 624 g/mol. The van der Waals surface area contributed by atoms with Gasteiger partial charge in [0.25, 0.3) is 0 Å². The highest BCUT2D eigenvalue weighted by molar-refractivity contribution is 7.60. The Morgan fingerprint density at radius 2 is 1.09 bits per heavy atom. The molecule has 3 aromatic rings. The van der Waals surface area contributed by atoms with Crippen molar-refractivity contribution in [3.63, 3.8) is 0 Å². The van der Waals surface area contributed by atoms with Gasteiger partial charge in [0.2, 0.25) is 0 Å². The zero-order valence-electron chi connectivity index (χ0n) is 27.6. The number of hydrogen-bond acceptors (Lipinski definition) is 0. The molecule has 5 atom stereocenters. The maximum absolute atomic E-state index is 3.65. The highest BCUT2D eigenvalue weighted by Gasteiger charge is 2.69. The lowest BCUT2D eigenvalue weighted by atomic mass is 9.44. The predicted molar refractivity (Wildman–Crippen MR) is 189 cm³/mol. The van der Waals surface area contributed by atoms with E-state index in [-0.39, 0.29) is 13.1 Å². The Balaban J connectivity index is 1.22. The van der Waals surface area contributed by atoms with Gasteiger partial charge >= 0.3 is 0 Å². The molecule has 8 saturated carbocycles. The fraction of sp³-hybridized carbons (Fsp3) is 0.650. The number of nitrogens with one attached hydrogen (secondary N) is 2. The lowest BCUT2D eigenvalue weighted by Gasteiger charge is -2.73. The molecule has 1 aromatic carbocycles. The number of aromatic amines is 2. The van der Waals surface area contributed by atoms with E-state index in [9.17, 15) is 0 Å². The third-order valence-electron chi connectivity index (χ3n) is 14.2. The first kappa shape index (κ1) is 28.8. The van der Waals surface area contributed by atoms with Gasteiger partial charge in [-0.25, -0.2) is 0 Å². The Kier molecular flexibility index (Phi) is 6.00. The van der Waals surface area contributed by atoms with E-state index in [0.29, 0.717) is 32.0 Å². The first-order valence-corrected chi connectivity index (χ1v) is 19.9. The van der Waals surface area contributed by atoms with Crippen molar-refractivity contribution < 1.29 is 0 Å². The minimum absolute atomic E-state index is 0.220. The van der Waals surface area contributed by atoms with Gasteiger partial charge in [0, 0.05) is 23.8 Å². The van der Waals surface area contributed by atoms with Crippen LogP contribution in [0.4, 0.5) is 0 Å². The summed E-state index contributed by atoms with van der Waals surface area (Å²) in [5, 5.41) is 0.780. The fourth-order valence-corrected chi connectivity index (χ4v) is 21.2. The van der Waals surface area contributed by atoms with Gasteiger partial charge in [-0.05, 0) is 162 Å². The molecule has 8 fully saturated rings. The molecule has 2 nitrogen and oxygen atoms in total. The number of aromatic nitrogens is 2. The lowest BCUT2D eigenvalue weighted by Crippen LogP contribution is -2.63. The minimum atomic E-state index is -0.316. The number of hydrogen-bond donors (Lipinski definition) is 2. The summed E-state index contributed by atoms with van der Waals surface area (Å²) in [6.07, 6.45) is 23.6. The summed E-state index contributed by atoms with van der Waals surface area (Å²) in [7, 11) is 3.11. The summed E-state index contributed by atoms with van der Waals surface area (Å²) >= 11 is 0. The van der Waals surface area contributed by atoms with Gasteiger partial charge in [-0.1, -0.05) is 59.9 Å². The Hall–Kier alpha value is -1.36. The van der Waals surface area contributed by atoms with Crippen LogP contribution in [0, 0.1) is 33.5 Å². The van der Waals surface area contributed by atoms with Crippen molar-refractivity contribution >= 4 is 17.2 Å². The molecular weight excluding hydrogens is 570 g/mol. The molecule has 8 bridgehead atoms. The Morgan fingerprint density at radius 1 is 0.636 bits per heavy atom. The summed E-state index contributed by atoms with van der Waals surface area (Å²) in [4.78, 5) is 7.29. The highest BCUT2D eigenvalue weighted by atomic mass is 31.1. The zero-order valence-corrected chi connectivity index (χ0v) is 29.7. The normalized spacial score (nSPS) is 44.4. The Morgan fingerprint density at radius 3 is 1.50 bits per heavy atom. The standard InChI is InChI=1S/C40H54N2P2/c1-34-15-28-16-35(2,22-34)25-38(19-28,24-34)44(39-20-29-17-36(3,26-39)23-37(4,18-29)27-39)21-30-9-5-6-10-31(30)40(43,32-11-7-13-41-32)33-12-8-14-42-33/h5-14,28-29,41-42H,15-27,43H2,1-4H3. The van der Waals surface area contributed by atoms with Crippen LogP contribution >= 0.6 is 17.2 Å². The maximum Gasteiger partial charge on any atom is 0.0891 e. The molecule has 0 amide bonds. The van der Waals surface area contributed by atoms with Crippen LogP contribution in [0.5, 0.6) is 0 Å². The van der Waals surface area contributed by atoms with Crippen LogP contribution in [0.25, 0.3) is 0 Å². The molecule has 5 unspecified atom stereocenters. The van der Waals surface area contributed by atoms with E-state index in [1.165, 1.54) is 100 Å². The van der Waals surface area contributed by atoms with Crippen molar-refractivity contribution in [2.24, 2.45) is 33.5 Å². The molecule has 4 heteroatoms. The van der Waals surface area contributed by atoms with Crippen LogP contribution < -0.4 is 0 Å². The van der Waals surface area contributed by atoms with Gasteiger partial charge in [-0.15, -0.1) is 9.24 Å². The van der Waals surface area contributed by atoms with Crippen molar-refractivity contribution in [2.75, 3.05) is 0 Å². The molecule has 8 aliphatic rings. The summed E-state index contributed by atoms with van der Waals surface area (Å²) in [6, 6.07) is 18.6. The second-order valence-electron chi connectivity index (χ2n) is 18.9. The largest absolute Gasteiger partial charge is 0.364 e. The number of benzene rings is 1. The molecular formula is C40H54N2P2. The molecule has 0 saturated heterocycles. The van der Waals surface area contributed by atoms with Crippen molar-refractivity contribution in [1.29, 1.82) is 0 Å². The summed E-state index contributed by atoms with van der Waals surface area (Å²) in [6.45, 7) is 10.9. The van der Waals surface area contributed by atoms with Crippen molar-refractivity contribution in [1.82, 2.24) is 9.97 Å². The molecule has 234 valence electrons. The Labute approximate surface area is 269 Å². The number of rotatable bonds is 7. The SMILES string of the molecule is CC12CC3CC(C)(C1)CC(P(Cc1ccccc1C(P)(c1ccc[nH]1)c1ccc[nH]1)C14CC5CC(C)(CC(C)(C5)C1)C4)(C3)C2. The first-order chi connectivity index (χ1) is 20.9. The van der Waals surface area contributed by atoms with Gasteiger partial charge in [0.1, 0.15) is 0 Å². The number of H-pyrrole nitrogens is 2. The van der Waals surface area contributed by atoms with Gasteiger partial charge in [0.15, 0.2) is 0 Å². The molecule has 2 N–H and O–H groups in total. The van der Waals surface area contributed by atoms with Crippen LogP contribution in [0.1, 0.15) is 127 Å². The molecule has 0 spiro atoms. The topological polar surface area (TPSA) is 31.6 Å².